The van der Waals surface area contributed by atoms with E-state index in [1.807, 2.05) is 6.07 Å². The van der Waals surface area contributed by atoms with Gasteiger partial charge in [-0.1, -0.05) is 13.8 Å². The van der Waals surface area contributed by atoms with Crippen LogP contribution in [0, 0.1) is 5.92 Å². The highest BCUT2D eigenvalue weighted by Gasteiger charge is 2.19. The summed E-state index contributed by atoms with van der Waals surface area (Å²) in [5, 5.41) is 12.5. The Morgan fingerprint density at radius 1 is 1.44 bits per heavy atom. The van der Waals surface area contributed by atoms with E-state index in [-0.39, 0.29) is 12.6 Å². The minimum atomic E-state index is 0.142. The fourth-order valence-corrected chi connectivity index (χ4v) is 2.30. The molecule has 0 spiro atoms. The molecule has 1 aromatic rings. The predicted molar refractivity (Wildman–Crippen MR) is 68.3 cm³/mol. The van der Waals surface area contributed by atoms with Crippen molar-refractivity contribution >= 4 is 15.9 Å². The summed E-state index contributed by atoms with van der Waals surface area (Å²) in [6.45, 7) is 6.58. The van der Waals surface area contributed by atoms with Crippen LogP contribution in [0.25, 0.3) is 0 Å². The maximum Gasteiger partial charge on any atom is 0.134 e. The molecule has 2 N–H and O–H groups in total. The van der Waals surface area contributed by atoms with Gasteiger partial charge in [0.15, 0.2) is 0 Å². The van der Waals surface area contributed by atoms with E-state index in [0.29, 0.717) is 12.0 Å². The normalized spacial score (nSPS) is 15.4. The summed E-state index contributed by atoms with van der Waals surface area (Å²) in [5.74, 6) is 1.40. The van der Waals surface area contributed by atoms with Gasteiger partial charge in [0.05, 0.1) is 16.8 Å². The van der Waals surface area contributed by atoms with Gasteiger partial charge in [0.2, 0.25) is 0 Å². The third kappa shape index (κ3) is 3.61. The maximum atomic E-state index is 9.01. The molecule has 1 heterocycles. The molecule has 1 rings (SSSR count). The Balaban J connectivity index is 2.61. The highest BCUT2D eigenvalue weighted by molar-refractivity contribution is 9.10. The summed E-state index contributed by atoms with van der Waals surface area (Å²) in [5.41, 5.74) is 0. The maximum absolute atomic E-state index is 9.01. The minimum Gasteiger partial charge on any atom is -0.466 e. The SMILES string of the molecule is CC(NC(CCO)C(C)C)c1occc1Br. The average Bonchev–Trinajstić information content (AvgIpc) is 2.63. The summed E-state index contributed by atoms with van der Waals surface area (Å²) in [6, 6.07) is 2.34. The van der Waals surface area contributed by atoms with E-state index in [0.717, 1.165) is 16.7 Å². The van der Waals surface area contributed by atoms with E-state index >= 15 is 0 Å². The summed E-state index contributed by atoms with van der Waals surface area (Å²) < 4.78 is 6.40. The van der Waals surface area contributed by atoms with Crippen LogP contribution in [0.5, 0.6) is 0 Å². The molecule has 16 heavy (non-hydrogen) atoms. The number of hydrogen-bond donors (Lipinski definition) is 2. The molecule has 0 aliphatic heterocycles. The van der Waals surface area contributed by atoms with E-state index in [4.69, 9.17) is 9.52 Å². The number of aliphatic hydroxyl groups excluding tert-OH is 1. The minimum absolute atomic E-state index is 0.142. The van der Waals surface area contributed by atoms with Crippen LogP contribution in [-0.4, -0.2) is 17.8 Å². The summed E-state index contributed by atoms with van der Waals surface area (Å²) in [4.78, 5) is 0. The third-order valence-corrected chi connectivity index (χ3v) is 3.40. The van der Waals surface area contributed by atoms with Gasteiger partial charge < -0.3 is 14.8 Å². The Labute approximate surface area is 105 Å². The highest BCUT2D eigenvalue weighted by atomic mass is 79.9. The first-order chi connectivity index (χ1) is 7.56. The molecule has 0 saturated carbocycles. The highest BCUT2D eigenvalue weighted by Crippen LogP contribution is 2.25. The van der Waals surface area contributed by atoms with Gasteiger partial charge in [-0.25, -0.2) is 0 Å². The van der Waals surface area contributed by atoms with Crippen LogP contribution in [0.1, 0.15) is 39.0 Å². The lowest BCUT2D eigenvalue weighted by molar-refractivity contribution is 0.232. The Morgan fingerprint density at radius 3 is 2.56 bits per heavy atom. The van der Waals surface area contributed by atoms with Gasteiger partial charge >= 0.3 is 0 Å². The molecule has 0 fully saturated rings. The van der Waals surface area contributed by atoms with Crippen molar-refractivity contribution in [1.29, 1.82) is 0 Å². The molecule has 4 heteroatoms. The van der Waals surface area contributed by atoms with Crippen molar-refractivity contribution in [2.24, 2.45) is 5.92 Å². The molecule has 92 valence electrons. The fourth-order valence-electron chi connectivity index (χ4n) is 1.76. The van der Waals surface area contributed by atoms with E-state index in [2.05, 4.69) is 42.0 Å². The van der Waals surface area contributed by atoms with Crippen LogP contribution in [0.2, 0.25) is 0 Å². The van der Waals surface area contributed by atoms with Crippen molar-refractivity contribution in [1.82, 2.24) is 5.32 Å². The smallest absolute Gasteiger partial charge is 0.134 e. The molecule has 2 atom stereocenters. The van der Waals surface area contributed by atoms with Crippen molar-refractivity contribution in [3.8, 4) is 0 Å². The van der Waals surface area contributed by atoms with Crippen LogP contribution in [0.15, 0.2) is 21.2 Å². The van der Waals surface area contributed by atoms with Crippen molar-refractivity contribution < 1.29 is 9.52 Å². The van der Waals surface area contributed by atoms with Crippen LogP contribution in [0.3, 0.4) is 0 Å². The van der Waals surface area contributed by atoms with Crippen LogP contribution < -0.4 is 5.32 Å². The summed E-state index contributed by atoms with van der Waals surface area (Å²) in [7, 11) is 0. The largest absolute Gasteiger partial charge is 0.466 e. The molecule has 0 saturated heterocycles. The van der Waals surface area contributed by atoms with Crippen LogP contribution in [-0.2, 0) is 0 Å². The van der Waals surface area contributed by atoms with Gasteiger partial charge in [0.1, 0.15) is 5.76 Å². The molecule has 2 unspecified atom stereocenters. The van der Waals surface area contributed by atoms with Crippen LogP contribution in [0.4, 0.5) is 0 Å². The monoisotopic (exact) mass is 289 g/mol. The number of rotatable bonds is 6. The molecule has 0 radical (unpaired) electrons. The Bertz CT molecular complexity index is 312. The van der Waals surface area contributed by atoms with Gasteiger partial charge in [-0.15, -0.1) is 0 Å². The quantitative estimate of drug-likeness (QED) is 0.846. The van der Waals surface area contributed by atoms with Gasteiger partial charge in [-0.2, -0.15) is 0 Å². The average molecular weight is 290 g/mol. The van der Waals surface area contributed by atoms with Crippen molar-refractivity contribution in [2.75, 3.05) is 6.61 Å². The fraction of sp³-hybridized carbons (Fsp3) is 0.667. The Hall–Kier alpha value is -0.320. The van der Waals surface area contributed by atoms with Gasteiger partial charge in [0, 0.05) is 12.6 Å². The van der Waals surface area contributed by atoms with Gasteiger partial charge in [-0.05, 0) is 41.3 Å². The third-order valence-electron chi connectivity index (χ3n) is 2.75. The lowest BCUT2D eigenvalue weighted by Crippen LogP contribution is -2.36. The second kappa shape index (κ2) is 6.42. The second-order valence-corrected chi connectivity index (χ2v) is 5.24. The zero-order chi connectivity index (χ0) is 12.1. The zero-order valence-electron chi connectivity index (χ0n) is 10.0. The topological polar surface area (TPSA) is 45.4 Å². The standard InChI is InChI=1S/C12H20BrNO2/c1-8(2)11(4-6-15)14-9(3)12-10(13)5-7-16-12/h5,7-9,11,14-15H,4,6H2,1-3H3. The first kappa shape index (κ1) is 13.7. The molecule has 0 aliphatic carbocycles. The van der Waals surface area contributed by atoms with Crippen molar-refractivity contribution in [3.63, 3.8) is 0 Å². The first-order valence-corrected chi connectivity index (χ1v) is 6.45. The van der Waals surface area contributed by atoms with Gasteiger partial charge in [-0.3, -0.25) is 0 Å². The van der Waals surface area contributed by atoms with E-state index < -0.39 is 0 Å². The van der Waals surface area contributed by atoms with Gasteiger partial charge in [0.25, 0.3) is 0 Å². The lowest BCUT2D eigenvalue weighted by Gasteiger charge is -2.25. The van der Waals surface area contributed by atoms with E-state index in [1.54, 1.807) is 6.26 Å². The molecule has 0 bridgehead atoms. The molecule has 1 aromatic heterocycles. The number of nitrogens with one attached hydrogen (secondary N) is 1. The van der Waals surface area contributed by atoms with Crippen molar-refractivity contribution in [2.45, 2.75) is 39.3 Å². The molecule has 0 amide bonds. The number of halogens is 1. The molecule has 3 nitrogen and oxygen atoms in total. The van der Waals surface area contributed by atoms with Crippen LogP contribution >= 0.6 is 15.9 Å². The zero-order valence-corrected chi connectivity index (χ0v) is 11.6. The number of hydrogen-bond acceptors (Lipinski definition) is 3. The Morgan fingerprint density at radius 2 is 2.12 bits per heavy atom. The van der Waals surface area contributed by atoms with E-state index in [9.17, 15) is 0 Å². The molecule has 0 aromatic carbocycles. The Kier molecular flexibility index (Phi) is 5.52. The van der Waals surface area contributed by atoms with E-state index in [1.165, 1.54) is 0 Å². The first-order valence-electron chi connectivity index (χ1n) is 5.66. The lowest BCUT2D eigenvalue weighted by atomic mass is 10.00. The molecule has 0 aliphatic rings. The number of furan rings is 1. The number of aliphatic hydroxyl groups is 1. The molecular weight excluding hydrogens is 270 g/mol. The summed E-state index contributed by atoms with van der Waals surface area (Å²) in [6.07, 6.45) is 2.44. The summed E-state index contributed by atoms with van der Waals surface area (Å²) >= 11 is 3.45. The molecular formula is C12H20BrNO2. The van der Waals surface area contributed by atoms with Crippen molar-refractivity contribution in [3.05, 3.63) is 22.6 Å². The second-order valence-electron chi connectivity index (χ2n) is 4.38. The predicted octanol–water partition coefficient (Wildman–Crippen LogP) is 3.10.